The fourth-order valence-electron chi connectivity index (χ4n) is 2.30. The van der Waals surface area contributed by atoms with Crippen molar-refractivity contribution in [3.05, 3.63) is 47.9 Å². The van der Waals surface area contributed by atoms with E-state index in [0.29, 0.717) is 0 Å². The zero-order valence-electron chi connectivity index (χ0n) is 10.8. The molecule has 3 heteroatoms. The summed E-state index contributed by atoms with van der Waals surface area (Å²) < 4.78 is 1.82. The minimum Gasteiger partial charge on any atom is -0.275 e. The lowest BCUT2D eigenvalue weighted by molar-refractivity contribution is 0.768. The molecular formula is C15H15N3. The van der Waals surface area contributed by atoms with Gasteiger partial charge in [-0.1, -0.05) is 18.2 Å². The number of hydrogen-bond donors (Lipinski definition) is 0. The first-order valence-corrected chi connectivity index (χ1v) is 6.01. The maximum Gasteiger partial charge on any atom is 0.0740 e. The Morgan fingerprint density at radius 2 is 1.83 bits per heavy atom. The molecule has 0 N–H and O–H groups in total. The third-order valence-electron chi connectivity index (χ3n) is 3.27. The molecule has 0 fully saturated rings. The topological polar surface area (TPSA) is 30.7 Å². The van der Waals surface area contributed by atoms with Crippen LogP contribution in [0.4, 0.5) is 0 Å². The molecule has 0 unspecified atom stereocenters. The molecule has 0 aliphatic carbocycles. The Bertz CT molecular complexity index is 726. The number of benzene rings is 1. The molecule has 0 atom stereocenters. The van der Waals surface area contributed by atoms with E-state index >= 15 is 0 Å². The third kappa shape index (κ3) is 1.68. The van der Waals surface area contributed by atoms with Gasteiger partial charge in [0.25, 0.3) is 0 Å². The highest BCUT2D eigenvalue weighted by Gasteiger charge is 2.08. The maximum absolute atomic E-state index is 4.64. The predicted octanol–water partition coefficient (Wildman–Crippen LogP) is 3.25. The molecule has 0 aliphatic rings. The van der Waals surface area contributed by atoms with Crippen molar-refractivity contribution in [3.8, 4) is 11.1 Å². The van der Waals surface area contributed by atoms with Gasteiger partial charge in [-0.3, -0.25) is 9.67 Å². The van der Waals surface area contributed by atoms with E-state index in [9.17, 15) is 0 Å². The van der Waals surface area contributed by atoms with Gasteiger partial charge in [0.1, 0.15) is 0 Å². The van der Waals surface area contributed by atoms with Crippen LogP contribution in [0.2, 0.25) is 0 Å². The number of fused-ring (bicyclic) bond motifs is 1. The van der Waals surface area contributed by atoms with Gasteiger partial charge in [-0.15, -0.1) is 0 Å². The molecule has 18 heavy (non-hydrogen) atoms. The van der Waals surface area contributed by atoms with Gasteiger partial charge in [-0.05, 0) is 31.0 Å². The fraction of sp³-hybridized carbons (Fsp3) is 0.200. The van der Waals surface area contributed by atoms with E-state index in [0.717, 1.165) is 16.8 Å². The molecule has 3 aromatic rings. The van der Waals surface area contributed by atoms with Crippen molar-refractivity contribution in [2.24, 2.45) is 7.05 Å². The second-order valence-corrected chi connectivity index (χ2v) is 4.67. The first kappa shape index (κ1) is 11.0. The number of hydrogen-bond acceptors (Lipinski definition) is 2. The van der Waals surface area contributed by atoms with Crippen LogP contribution in [0.3, 0.4) is 0 Å². The van der Waals surface area contributed by atoms with E-state index in [1.165, 1.54) is 16.5 Å². The van der Waals surface area contributed by atoms with Crippen molar-refractivity contribution >= 4 is 10.9 Å². The van der Waals surface area contributed by atoms with Crippen LogP contribution in [-0.2, 0) is 7.05 Å². The maximum atomic E-state index is 4.64. The molecule has 3 rings (SSSR count). The summed E-state index contributed by atoms with van der Waals surface area (Å²) in [6.07, 6.45) is 3.92. The Hall–Kier alpha value is -2.16. The molecule has 0 saturated heterocycles. The molecule has 0 amide bonds. The second kappa shape index (κ2) is 3.95. The van der Waals surface area contributed by atoms with Crippen LogP contribution in [0.25, 0.3) is 22.0 Å². The number of aromatic nitrogens is 3. The molecule has 2 heterocycles. The summed E-state index contributed by atoms with van der Waals surface area (Å²) in [5.74, 6) is 0. The van der Waals surface area contributed by atoms with Crippen LogP contribution < -0.4 is 0 Å². The Balaban J connectivity index is 2.28. The number of rotatable bonds is 1. The molecule has 0 spiro atoms. The quantitative estimate of drug-likeness (QED) is 0.650. The first-order chi connectivity index (χ1) is 8.65. The standard InChI is InChI=1S/C15H15N3/c1-10-4-5-12-6-7-14(11(2)15(12)17-10)13-8-16-18(3)9-13/h4-9H,1-3H3. The van der Waals surface area contributed by atoms with Crippen molar-refractivity contribution in [2.75, 3.05) is 0 Å². The summed E-state index contributed by atoms with van der Waals surface area (Å²) in [5.41, 5.74) is 5.68. The SMILES string of the molecule is Cc1ccc2ccc(-c3cnn(C)c3)c(C)c2n1. The summed E-state index contributed by atoms with van der Waals surface area (Å²) in [7, 11) is 1.93. The number of nitrogens with zero attached hydrogens (tertiary/aromatic N) is 3. The van der Waals surface area contributed by atoms with Crippen LogP contribution in [0, 0.1) is 13.8 Å². The van der Waals surface area contributed by atoms with E-state index in [1.807, 2.05) is 37.1 Å². The first-order valence-electron chi connectivity index (χ1n) is 6.01. The molecule has 0 radical (unpaired) electrons. The average Bonchev–Trinajstić information content (AvgIpc) is 2.77. The molecular weight excluding hydrogens is 222 g/mol. The van der Waals surface area contributed by atoms with Gasteiger partial charge >= 0.3 is 0 Å². The van der Waals surface area contributed by atoms with Gasteiger partial charge in [-0.25, -0.2) is 0 Å². The molecule has 0 bridgehead atoms. The summed E-state index contributed by atoms with van der Waals surface area (Å²) in [5, 5.41) is 5.41. The van der Waals surface area contributed by atoms with E-state index in [2.05, 4.69) is 35.2 Å². The molecule has 1 aromatic carbocycles. The highest BCUT2D eigenvalue weighted by Crippen LogP contribution is 2.28. The molecule has 3 nitrogen and oxygen atoms in total. The smallest absolute Gasteiger partial charge is 0.0740 e. The predicted molar refractivity (Wildman–Crippen MR) is 73.4 cm³/mol. The normalized spacial score (nSPS) is 11.1. The zero-order chi connectivity index (χ0) is 12.7. The highest BCUT2D eigenvalue weighted by molar-refractivity contribution is 5.88. The fourth-order valence-corrected chi connectivity index (χ4v) is 2.30. The monoisotopic (exact) mass is 237 g/mol. The minimum absolute atomic E-state index is 1.05. The van der Waals surface area contributed by atoms with Crippen LogP contribution in [-0.4, -0.2) is 14.8 Å². The zero-order valence-corrected chi connectivity index (χ0v) is 10.8. The van der Waals surface area contributed by atoms with Gasteiger partial charge < -0.3 is 0 Å². The lowest BCUT2D eigenvalue weighted by Gasteiger charge is -2.07. The lowest BCUT2D eigenvalue weighted by Crippen LogP contribution is -1.90. The molecule has 2 aromatic heterocycles. The summed E-state index contributed by atoms with van der Waals surface area (Å²) in [6.45, 7) is 4.15. The van der Waals surface area contributed by atoms with Crippen LogP contribution in [0.15, 0.2) is 36.7 Å². The van der Waals surface area contributed by atoms with Crippen molar-refractivity contribution < 1.29 is 0 Å². The molecule has 0 saturated carbocycles. The second-order valence-electron chi connectivity index (χ2n) is 4.67. The van der Waals surface area contributed by atoms with Crippen LogP contribution in [0.1, 0.15) is 11.3 Å². The van der Waals surface area contributed by atoms with E-state index < -0.39 is 0 Å². The summed E-state index contributed by atoms with van der Waals surface area (Å²) in [6, 6.07) is 8.44. The number of pyridine rings is 1. The Labute approximate surface area is 106 Å². The lowest BCUT2D eigenvalue weighted by atomic mass is 10.00. The Morgan fingerprint density at radius 3 is 2.56 bits per heavy atom. The van der Waals surface area contributed by atoms with E-state index in [1.54, 1.807) is 0 Å². The Morgan fingerprint density at radius 1 is 1.06 bits per heavy atom. The molecule has 0 aliphatic heterocycles. The summed E-state index contributed by atoms with van der Waals surface area (Å²) in [4.78, 5) is 4.64. The largest absolute Gasteiger partial charge is 0.275 e. The van der Waals surface area contributed by atoms with Crippen LogP contribution >= 0.6 is 0 Å². The van der Waals surface area contributed by atoms with E-state index in [4.69, 9.17) is 0 Å². The third-order valence-corrected chi connectivity index (χ3v) is 3.27. The van der Waals surface area contributed by atoms with Crippen molar-refractivity contribution in [3.63, 3.8) is 0 Å². The van der Waals surface area contributed by atoms with Crippen molar-refractivity contribution in [1.82, 2.24) is 14.8 Å². The van der Waals surface area contributed by atoms with E-state index in [-0.39, 0.29) is 0 Å². The van der Waals surface area contributed by atoms with Crippen molar-refractivity contribution in [1.29, 1.82) is 0 Å². The summed E-state index contributed by atoms with van der Waals surface area (Å²) >= 11 is 0. The van der Waals surface area contributed by atoms with Gasteiger partial charge in [-0.2, -0.15) is 5.10 Å². The molecule has 90 valence electrons. The highest BCUT2D eigenvalue weighted by atomic mass is 15.2. The Kier molecular flexibility index (Phi) is 2.40. The van der Waals surface area contributed by atoms with Gasteiger partial charge in [0.15, 0.2) is 0 Å². The van der Waals surface area contributed by atoms with Crippen molar-refractivity contribution in [2.45, 2.75) is 13.8 Å². The van der Waals surface area contributed by atoms with Gasteiger partial charge in [0.2, 0.25) is 0 Å². The minimum atomic E-state index is 1.05. The van der Waals surface area contributed by atoms with Crippen LogP contribution in [0.5, 0.6) is 0 Å². The van der Waals surface area contributed by atoms with Gasteiger partial charge in [0, 0.05) is 29.9 Å². The average molecular weight is 237 g/mol. The van der Waals surface area contributed by atoms with Gasteiger partial charge in [0.05, 0.1) is 11.7 Å². The number of aryl methyl sites for hydroxylation is 3.